The van der Waals surface area contributed by atoms with Gasteiger partial charge in [0.05, 0.1) is 16.8 Å². The van der Waals surface area contributed by atoms with Gasteiger partial charge in [0.1, 0.15) is 12.4 Å². The highest BCUT2D eigenvalue weighted by molar-refractivity contribution is 7.19. The van der Waals surface area contributed by atoms with Crippen LogP contribution in [0.25, 0.3) is 21.6 Å². The predicted molar refractivity (Wildman–Crippen MR) is 99.1 cm³/mol. The van der Waals surface area contributed by atoms with Crippen LogP contribution < -0.4 is 15.0 Å². The van der Waals surface area contributed by atoms with Crippen LogP contribution in [0.4, 0.5) is 5.13 Å². The smallest absolute Gasteiger partial charge is 0.186 e. The Morgan fingerprint density at radius 1 is 1.36 bits per heavy atom. The summed E-state index contributed by atoms with van der Waals surface area (Å²) < 4.78 is 5.99. The van der Waals surface area contributed by atoms with Crippen molar-refractivity contribution in [3.8, 4) is 27.3 Å². The molecule has 0 bridgehead atoms. The number of benzene rings is 1. The van der Waals surface area contributed by atoms with Crippen LogP contribution in [-0.2, 0) is 6.61 Å². The number of fused-ring (bicyclic) bond motifs is 3. The van der Waals surface area contributed by atoms with E-state index in [1.165, 1.54) is 11.3 Å². The van der Waals surface area contributed by atoms with Crippen molar-refractivity contribution in [1.82, 2.24) is 20.5 Å². The summed E-state index contributed by atoms with van der Waals surface area (Å²) in [7, 11) is 2.03. The Labute approximate surface area is 149 Å². The van der Waals surface area contributed by atoms with Crippen molar-refractivity contribution in [2.75, 3.05) is 25.0 Å². The lowest BCUT2D eigenvalue weighted by Crippen LogP contribution is -2.29. The van der Waals surface area contributed by atoms with Crippen LogP contribution in [0.2, 0.25) is 0 Å². The SMILES string of the molecule is CNC1CCN(c2nc3c(s2)-c2ccc(-c4cn[nH]c4)cc2OC3)C1. The fraction of sp³-hybridized carbons (Fsp3) is 0.333. The molecule has 1 unspecified atom stereocenters. The van der Waals surface area contributed by atoms with Crippen LogP contribution in [0.15, 0.2) is 30.6 Å². The summed E-state index contributed by atoms with van der Waals surface area (Å²) in [4.78, 5) is 8.47. The van der Waals surface area contributed by atoms with Crippen molar-refractivity contribution in [3.05, 3.63) is 36.3 Å². The number of rotatable bonds is 3. The molecule has 1 aromatic carbocycles. The van der Waals surface area contributed by atoms with E-state index in [4.69, 9.17) is 9.72 Å². The lowest BCUT2D eigenvalue weighted by Gasteiger charge is -2.17. The Kier molecular flexibility index (Phi) is 3.50. The summed E-state index contributed by atoms with van der Waals surface area (Å²) in [6.45, 7) is 2.62. The van der Waals surface area contributed by atoms with Gasteiger partial charge in [-0.25, -0.2) is 4.98 Å². The normalized spacial score (nSPS) is 18.8. The quantitative estimate of drug-likeness (QED) is 0.758. The van der Waals surface area contributed by atoms with E-state index >= 15 is 0 Å². The molecule has 2 aliphatic rings. The number of anilines is 1. The van der Waals surface area contributed by atoms with Crippen molar-refractivity contribution in [1.29, 1.82) is 0 Å². The molecule has 6 nitrogen and oxygen atoms in total. The van der Waals surface area contributed by atoms with Crippen LogP contribution in [0.5, 0.6) is 5.75 Å². The first-order valence-electron chi connectivity index (χ1n) is 8.50. The topological polar surface area (TPSA) is 66.1 Å². The highest BCUT2D eigenvalue weighted by atomic mass is 32.1. The molecule has 1 atom stereocenters. The van der Waals surface area contributed by atoms with Gasteiger partial charge in [-0.2, -0.15) is 5.10 Å². The largest absolute Gasteiger partial charge is 0.487 e. The number of nitrogens with zero attached hydrogens (tertiary/aromatic N) is 3. The summed E-state index contributed by atoms with van der Waals surface area (Å²) in [6.07, 6.45) is 4.89. The third kappa shape index (κ3) is 2.51. The predicted octanol–water partition coefficient (Wildman–Crippen LogP) is 2.89. The van der Waals surface area contributed by atoms with Gasteiger partial charge < -0.3 is 15.0 Å². The number of aromatic amines is 1. The zero-order valence-electron chi connectivity index (χ0n) is 14.0. The lowest BCUT2D eigenvalue weighted by atomic mass is 10.0. The van der Waals surface area contributed by atoms with Crippen molar-refractivity contribution in [2.45, 2.75) is 19.1 Å². The molecule has 1 fully saturated rings. The van der Waals surface area contributed by atoms with Gasteiger partial charge in [0.25, 0.3) is 0 Å². The first-order chi connectivity index (χ1) is 12.3. The third-order valence-electron chi connectivity index (χ3n) is 4.98. The minimum atomic E-state index is 0.539. The van der Waals surface area contributed by atoms with E-state index in [0.717, 1.165) is 46.4 Å². The summed E-state index contributed by atoms with van der Waals surface area (Å²) in [5.41, 5.74) is 4.37. The average molecular weight is 353 g/mol. The number of ether oxygens (including phenoxy) is 1. The first kappa shape index (κ1) is 14.9. The Bertz CT molecular complexity index is 904. The molecule has 2 aliphatic heterocycles. The van der Waals surface area contributed by atoms with Crippen molar-refractivity contribution < 1.29 is 4.74 Å². The molecular weight excluding hydrogens is 334 g/mol. The average Bonchev–Trinajstić information content (AvgIpc) is 3.40. The maximum absolute atomic E-state index is 5.99. The maximum atomic E-state index is 5.99. The fourth-order valence-electron chi connectivity index (χ4n) is 3.52. The molecule has 2 aromatic heterocycles. The molecule has 0 aliphatic carbocycles. The van der Waals surface area contributed by atoms with Crippen molar-refractivity contribution in [3.63, 3.8) is 0 Å². The molecule has 128 valence electrons. The van der Waals surface area contributed by atoms with Crippen LogP contribution in [0, 0.1) is 0 Å². The van der Waals surface area contributed by atoms with Crippen LogP contribution in [-0.4, -0.2) is 41.4 Å². The van der Waals surface area contributed by atoms with Gasteiger partial charge in [0.2, 0.25) is 0 Å². The Hall–Kier alpha value is -2.38. The fourth-order valence-corrected chi connectivity index (χ4v) is 4.65. The molecule has 7 heteroatoms. The second-order valence-electron chi connectivity index (χ2n) is 6.48. The Balaban J connectivity index is 1.49. The molecular formula is C18H19N5OS. The number of hydrogen-bond donors (Lipinski definition) is 2. The van der Waals surface area contributed by atoms with Crippen LogP contribution >= 0.6 is 11.3 Å². The molecule has 25 heavy (non-hydrogen) atoms. The van der Waals surface area contributed by atoms with Crippen LogP contribution in [0.3, 0.4) is 0 Å². The van der Waals surface area contributed by atoms with Gasteiger partial charge >= 0.3 is 0 Å². The standard InChI is InChI=1S/C18H19N5OS/c1-19-13-4-5-23(9-13)18-22-15-10-24-16-6-11(12-7-20-21-8-12)2-3-14(16)17(15)25-18/h2-3,6-8,13,19H,4-5,9-10H2,1H3,(H,20,21). The minimum absolute atomic E-state index is 0.539. The van der Waals surface area contributed by atoms with Gasteiger partial charge in [0.15, 0.2) is 5.13 Å². The summed E-state index contributed by atoms with van der Waals surface area (Å²) >= 11 is 1.78. The van der Waals surface area contributed by atoms with Gasteiger partial charge in [-0.15, -0.1) is 0 Å². The molecule has 0 radical (unpaired) electrons. The number of aromatic nitrogens is 3. The molecule has 1 saturated heterocycles. The zero-order chi connectivity index (χ0) is 16.8. The Morgan fingerprint density at radius 3 is 3.12 bits per heavy atom. The van der Waals surface area contributed by atoms with E-state index in [1.807, 2.05) is 19.4 Å². The monoisotopic (exact) mass is 353 g/mol. The number of hydrogen-bond acceptors (Lipinski definition) is 6. The molecule has 3 aromatic rings. The van der Waals surface area contributed by atoms with Gasteiger partial charge in [-0.3, -0.25) is 5.10 Å². The summed E-state index contributed by atoms with van der Waals surface area (Å²) in [6, 6.07) is 6.91. The van der Waals surface area contributed by atoms with E-state index in [0.29, 0.717) is 12.6 Å². The van der Waals surface area contributed by atoms with Gasteiger partial charge in [0, 0.05) is 36.5 Å². The number of thiazole rings is 1. The van der Waals surface area contributed by atoms with Crippen molar-refractivity contribution in [2.24, 2.45) is 0 Å². The lowest BCUT2D eigenvalue weighted by molar-refractivity contribution is 0.298. The molecule has 0 spiro atoms. The first-order valence-corrected chi connectivity index (χ1v) is 9.32. The van der Waals surface area contributed by atoms with Gasteiger partial charge in [-0.1, -0.05) is 17.4 Å². The summed E-state index contributed by atoms with van der Waals surface area (Å²) in [5, 5.41) is 11.4. The highest BCUT2D eigenvalue weighted by Crippen LogP contribution is 2.45. The number of nitrogens with one attached hydrogen (secondary N) is 2. The molecule has 0 amide bonds. The van der Waals surface area contributed by atoms with E-state index in [1.54, 1.807) is 11.3 Å². The molecule has 4 heterocycles. The van der Waals surface area contributed by atoms with E-state index < -0.39 is 0 Å². The molecule has 0 saturated carbocycles. The Morgan fingerprint density at radius 2 is 2.32 bits per heavy atom. The third-order valence-corrected chi connectivity index (χ3v) is 6.17. The minimum Gasteiger partial charge on any atom is -0.487 e. The van der Waals surface area contributed by atoms with Gasteiger partial charge in [-0.05, 0) is 31.2 Å². The summed E-state index contributed by atoms with van der Waals surface area (Å²) in [5.74, 6) is 0.927. The van der Waals surface area contributed by atoms with E-state index in [-0.39, 0.29) is 0 Å². The van der Waals surface area contributed by atoms with Crippen LogP contribution in [0.1, 0.15) is 12.1 Å². The van der Waals surface area contributed by atoms with E-state index in [2.05, 4.69) is 38.6 Å². The highest BCUT2D eigenvalue weighted by Gasteiger charge is 2.28. The maximum Gasteiger partial charge on any atom is 0.186 e. The van der Waals surface area contributed by atoms with E-state index in [9.17, 15) is 0 Å². The molecule has 5 rings (SSSR count). The zero-order valence-corrected chi connectivity index (χ0v) is 14.8. The molecule has 2 N–H and O–H groups in total. The second kappa shape index (κ2) is 5.86. The number of likely N-dealkylation sites (N-methyl/N-ethyl adjacent to an activating group) is 1. The second-order valence-corrected chi connectivity index (χ2v) is 7.46. The van der Waals surface area contributed by atoms with Crippen molar-refractivity contribution >= 4 is 16.5 Å². The number of H-pyrrole nitrogens is 1.